The predicted octanol–water partition coefficient (Wildman–Crippen LogP) is 1.52. The average Bonchev–Trinajstić information content (AvgIpc) is 3.01. The molecule has 1 saturated carbocycles. The van der Waals surface area contributed by atoms with Gasteiger partial charge in [0.05, 0.1) is 6.54 Å². The maximum Gasteiger partial charge on any atom is 0.239 e. The molecule has 1 aliphatic carbocycles. The van der Waals surface area contributed by atoms with E-state index in [9.17, 15) is 9.18 Å². The molecular weight excluding hydrogens is 195 g/mol. The van der Waals surface area contributed by atoms with Gasteiger partial charge < -0.3 is 10.6 Å². The van der Waals surface area contributed by atoms with Crippen LogP contribution in [0.3, 0.4) is 0 Å². The predicted molar refractivity (Wildman–Crippen MR) is 56.1 cm³/mol. The summed E-state index contributed by atoms with van der Waals surface area (Å²) >= 11 is 0. The molecule has 0 saturated heterocycles. The maximum absolute atomic E-state index is 12.6. The van der Waals surface area contributed by atoms with Gasteiger partial charge in [0.25, 0.3) is 0 Å². The lowest BCUT2D eigenvalue weighted by atomic mass is 10.3. The highest BCUT2D eigenvalue weighted by molar-refractivity contribution is 5.81. The third-order valence-electron chi connectivity index (χ3n) is 2.24. The summed E-state index contributed by atoms with van der Waals surface area (Å²) in [5.41, 5.74) is 0.752. The van der Waals surface area contributed by atoms with Gasteiger partial charge in [-0.2, -0.15) is 0 Å². The fourth-order valence-corrected chi connectivity index (χ4v) is 1.26. The van der Waals surface area contributed by atoms with Gasteiger partial charge in [-0.1, -0.05) is 0 Å². The summed E-state index contributed by atoms with van der Waals surface area (Å²) in [5.74, 6) is -0.287. The monoisotopic (exact) mass is 208 g/mol. The number of hydrogen-bond acceptors (Lipinski definition) is 2. The van der Waals surface area contributed by atoms with Crippen LogP contribution in [0.15, 0.2) is 24.3 Å². The Kier molecular flexibility index (Phi) is 2.85. The van der Waals surface area contributed by atoms with Crippen LogP contribution in [0, 0.1) is 5.82 Å². The number of hydrogen-bond donors (Lipinski definition) is 2. The van der Waals surface area contributed by atoms with E-state index in [1.54, 1.807) is 12.1 Å². The number of amides is 1. The van der Waals surface area contributed by atoms with Gasteiger partial charge in [-0.3, -0.25) is 4.79 Å². The van der Waals surface area contributed by atoms with Crippen molar-refractivity contribution in [1.29, 1.82) is 0 Å². The zero-order chi connectivity index (χ0) is 10.7. The highest BCUT2D eigenvalue weighted by atomic mass is 19.1. The molecule has 1 aromatic carbocycles. The van der Waals surface area contributed by atoms with Crippen molar-refractivity contribution < 1.29 is 9.18 Å². The molecule has 0 radical (unpaired) electrons. The Hall–Kier alpha value is -1.58. The summed E-state index contributed by atoms with van der Waals surface area (Å²) in [4.78, 5) is 11.3. The average molecular weight is 208 g/mol. The quantitative estimate of drug-likeness (QED) is 0.787. The molecule has 0 atom stereocenters. The second kappa shape index (κ2) is 4.29. The molecule has 2 rings (SSSR count). The number of halogens is 1. The maximum atomic E-state index is 12.6. The molecule has 0 aromatic heterocycles. The smallest absolute Gasteiger partial charge is 0.239 e. The van der Waals surface area contributed by atoms with E-state index in [2.05, 4.69) is 10.6 Å². The van der Waals surface area contributed by atoms with E-state index in [0.29, 0.717) is 6.04 Å². The Bertz CT molecular complexity index is 346. The lowest BCUT2D eigenvalue weighted by Gasteiger charge is -2.06. The van der Waals surface area contributed by atoms with Crippen LogP contribution in [0.25, 0.3) is 0 Å². The molecule has 1 aromatic rings. The van der Waals surface area contributed by atoms with E-state index in [-0.39, 0.29) is 18.3 Å². The minimum absolute atomic E-state index is 0.0122. The standard InChI is InChI=1S/C11H13FN2O/c12-8-1-3-9(4-2-8)13-7-11(15)14-10-5-6-10/h1-4,10,13H,5-7H2,(H,14,15). The first-order valence-electron chi connectivity index (χ1n) is 5.03. The van der Waals surface area contributed by atoms with Gasteiger partial charge in [0.15, 0.2) is 0 Å². The second-order valence-electron chi connectivity index (χ2n) is 3.70. The first-order chi connectivity index (χ1) is 7.24. The first-order valence-corrected chi connectivity index (χ1v) is 5.03. The van der Waals surface area contributed by atoms with Crippen LogP contribution >= 0.6 is 0 Å². The largest absolute Gasteiger partial charge is 0.376 e. The summed E-state index contributed by atoms with van der Waals surface area (Å²) in [5, 5.41) is 5.79. The summed E-state index contributed by atoms with van der Waals surface area (Å²) in [6, 6.07) is 6.33. The van der Waals surface area contributed by atoms with Crippen molar-refractivity contribution in [3.05, 3.63) is 30.1 Å². The summed E-state index contributed by atoms with van der Waals surface area (Å²) in [6.45, 7) is 0.238. The molecule has 0 aliphatic heterocycles. The van der Waals surface area contributed by atoms with E-state index >= 15 is 0 Å². The summed E-state index contributed by atoms with van der Waals surface area (Å²) < 4.78 is 12.6. The van der Waals surface area contributed by atoms with Gasteiger partial charge in [-0.05, 0) is 37.1 Å². The molecule has 0 spiro atoms. The molecule has 1 aliphatic rings. The minimum atomic E-state index is -0.275. The van der Waals surface area contributed by atoms with Crippen LogP contribution in [0.2, 0.25) is 0 Å². The van der Waals surface area contributed by atoms with E-state index in [0.717, 1.165) is 18.5 Å². The van der Waals surface area contributed by atoms with Gasteiger partial charge >= 0.3 is 0 Å². The molecule has 80 valence electrons. The number of benzene rings is 1. The van der Waals surface area contributed by atoms with Crippen LogP contribution in [0.4, 0.5) is 10.1 Å². The van der Waals surface area contributed by atoms with Crippen LogP contribution in [-0.2, 0) is 4.79 Å². The SMILES string of the molecule is O=C(CNc1ccc(F)cc1)NC1CC1. The molecule has 2 N–H and O–H groups in total. The highest BCUT2D eigenvalue weighted by Crippen LogP contribution is 2.18. The molecule has 15 heavy (non-hydrogen) atoms. The van der Waals surface area contributed by atoms with Crippen molar-refractivity contribution in [1.82, 2.24) is 5.32 Å². The van der Waals surface area contributed by atoms with Crippen LogP contribution in [0.5, 0.6) is 0 Å². The normalized spacial score (nSPS) is 14.7. The van der Waals surface area contributed by atoms with Crippen molar-refractivity contribution in [2.24, 2.45) is 0 Å². The zero-order valence-corrected chi connectivity index (χ0v) is 8.29. The lowest BCUT2D eigenvalue weighted by molar-refractivity contribution is -0.119. The number of nitrogens with one attached hydrogen (secondary N) is 2. The summed E-state index contributed by atoms with van der Waals surface area (Å²) in [6.07, 6.45) is 2.17. The number of rotatable bonds is 4. The van der Waals surface area contributed by atoms with Gasteiger partial charge in [0, 0.05) is 11.7 Å². The van der Waals surface area contributed by atoms with Crippen molar-refractivity contribution in [2.45, 2.75) is 18.9 Å². The number of anilines is 1. The van der Waals surface area contributed by atoms with Gasteiger partial charge in [0.1, 0.15) is 5.82 Å². The first kappa shape index (κ1) is 9.96. The third kappa shape index (κ3) is 3.23. The third-order valence-corrected chi connectivity index (χ3v) is 2.24. The molecule has 0 heterocycles. The van der Waals surface area contributed by atoms with Crippen molar-refractivity contribution in [3.63, 3.8) is 0 Å². The Morgan fingerprint density at radius 1 is 1.33 bits per heavy atom. The Balaban J connectivity index is 1.76. The highest BCUT2D eigenvalue weighted by Gasteiger charge is 2.22. The molecule has 1 fully saturated rings. The van der Waals surface area contributed by atoms with Crippen LogP contribution < -0.4 is 10.6 Å². The van der Waals surface area contributed by atoms with Crippen molar-refractivity contribution in [3.8, 4) is 0 Å². The van der Waals surface area contributed by atoms with Crippen molar-refractivity contribution >= 4 is 11.6 Å². The second-order valence-corrected chi connectivity index (χ2v) is 3.70. The van der Waals surface area contributed by atoms with Crippen LogP contribution in [0.1, 0.15) is 12.8 Å². The molecule has 3 nitrogen and oxygen atoms in total. The van der Waals surface area contributed by atoms with Crippen molar-refractivity contribution in [2.75, 3.05) is 11.9 Å². The Morgan fingerprint density at radius 2 is 2.00 bits per heavy atom. The Morgan fingerprint density at radius 3 is 2.60 bits per heavy atom. The molecule has 0 bridgehead atoms. The summed E-state index contributed by atoms with van der Waals surface area (Å²) in [7, 11) is 0. The number of carbonyl (C=O) groups excluding carboxylic acids is 1. The van der Waals surface area contributed by atoms with E-state index in [4.69, 9.17) is 0 Å². The molecule has 0 unspecified atom stereocenters. The topological polar surface area (TPSA) is 41.1 Å². The number of carbonyl (C=O) groups is 1. The fraction of sp³-hybridized carbons (Fsp3) is 0.364. The van der Waals surface area contributed by atoms with E-state index < -0.39 is 0 Å². The zero-order valence-electron chi connectivity index (χ0n) is 8.29. The fourth-order valence-electron chi connectivity index (χ4n) is 1.26. The van der Waals surface area contributed by atoms with Gasteiger partial charge in [0.2, 0.25) is 5.91 Å². The van der Waals surface area contributed by atoms with Crippen LogP contribution in [-0.4, -0.2) is 18.5 Å². The molecule has 4 heteroatoms. The minimum Gasteiger partial charge on any atom is -0.376 e. The Labute approximate surface area is 87.7 Å². The molecular formula is C11H13FN2O. The van der Waals surface area contributed by atoms with E-state index in [1.807, 2.05) is 0 Å². The van der Waals surface area contributed by atoms with Gasteiger partial charge in [-0.15, -0.1) is 0 Å². The molecule has 1 amide bonds. The lowest BCUT2D eigenvalue weighted by Crippen LogP contribution is -2.31. The van der Waals surface area contributed by atoms with E-state index in [1.165, 1.54) is 12.1 Å². The van der Waals surface area contributed by atoms with Gasteiger partial charge in [-0.25, -0.2) is 4.39 Å².